The summed E-state index contributed by atoms with van der Waals surface area (Å²) in [4.78, 5) is 12.4. The molecule has 1 amide bonds. The van der Waals surface area contributed by atoms with Gasteiger partial charge in [-0.1, -0.05) is 42.5 Å². The Balaban J connectivity index is 1.79. The molecule has 0 aliphatic carbocycles. The molecule has 1 aromatic heterocycles. The van der Waals surface area contributed by atoms with Crippen LogP contribution in [0.2, 0.25) is 0 Å². The van der Waals surface area contributed by atoms with Crippen molar-refractivity contribution in [2.75, 3.05) is 0 Å². The molecule has 0 saturated heterocycles. The Morgan fingerprint density at radius 2 is 1.83 bits per heavy atom. The first-order valence-electron chi connectivity index (χ1n) is 9.03. The van der Waals surface area contributed by atoms with Crippen LogP contribution in [0.1, 0.15) is 29.9 Å². The zero-order valence-electron chi connectivity index (χ0n) is 15.9. The van der Waals surface area contributed by atoms with Crippen molar-refractivity contribution >= 4 is 12.0 Å². The summed E-state index contributed by atoms with van der Waals surface area (Å²) in [6, 6.07) is 18.5. The summed E-state index contributed by atoms with van der Waals surface area (Å²) < 4.78 is 44.2. The standard InChI is InChI=1S/C23H17F3N2O2/c1-15(16-6-3-2-4-7-16)28-22(29)18(14-27)13-20-10-11-21(30-20)17-8-5-9-19(12-17)23(24,25)26/h2-13,15H,1H3,(H,28,29)/b18-13-/t15-/m0/s1. The van der Waals surface area contributed by atoms with Crippen LogP contribution in [0.15, 0.2) is 76.7 Å². The van der Waals surface area contributed by atoms with E-state index in [-0.39, 0.29) is 28.7 Å². The summed E-state index contributed by atoms with van der Waals surface area (Å²) in [7, 11) is 0. The summed E-state index contributed by atoms with van der Waals surface area (Å²) >= 11 is 0. The van der Waals surface area contributed by atoms with Crippen LogP contribution in [0.5, 0.6) is 0 Å². The Morgan fingerprint density at radius 1 is 1.10 bits per heavy atom. The van der Waals surface area contributed by atoms with E-state index in [9.17, 15) is 23.2 Å². The van der Waals surface area contributed by atoms with Gasteiger partial charge in [-0.05, 0) is 36.8 Å². The SMILES string of the molecule is C[C@H](NC(=O)/C(C#N)=C\c1ccc(-c2cccc(C(F)(F)F)c2)o1)c1ccccc1. The van der Waals surface area contributed by atoms with Gasteiger partial charge in [0.25, 0.3) is 5.91 Å². The second-order valence-corrected chi connectivity index (χ2v) is 6.56. The highest BCUT2D eigenvalue weighted by Crippen LogP contribution is 2.32. The number of nitrogens with one attached hydrogen (secondary N) is 1. The fraction of sp³-hybridized carbons (Fsp3) is 0.130. The maximum absolute atomic E-state index is 12.9. The van der Waals surface area contributed by atoms with E-state index in [4.69, 9.17) is 4.42 Å². The summed E-state index contributed by atoms with van der Waals surface area (Å²) in [6.45, 7) is 1.79. The Labute approximate surface area is 171 Å². The van der Waals surface area contributed by atoms with E-state index < -0.39 is 17.6 Å². The van der Waals surface area contributed by atoms with Crippen molar-refractivity contribution in [3.63, 3.8) is 0 Å². The molecule has 7 heteroatoms. The second-order valence-electron chi connectivity index (χ2n) is 6.56. The summed E-state index contributed by atoms with van der Waals surface area (Å²) in [5.41, 5.74) is 0.154. The van der Waals surface area contributed by atoms with Crippen molar-refractivity contribution in [2.45, 2.75) is 19.1 Å². The van der Waals surface area contributed by atoms with E-state index in [1.54, 1.807) is 6.92 Å². The minimum absolute atomic E-state index is 0.178. The highest BCUT2D eigenvalue weighted by Gasteiger charge is 2.30. The Hall–Kier alpha value is -3.79. The van der Waals surface area contributed by atoms with Gasteiger partial charge in [0.2, 0.25) is 0 Å². The van der Waals surface area contributed by atoms with Crippen LogP contribution >= 0.6 is 0 Å². The van der Waals surface area contributed by atoms with Crippen LogP contribution in [0, 0.1) is 11.3 Å². The molecular formula is C23H17F3N2O2. The van der Waals surface area contributed by atoms with Crippen LogP contribution in [0.4, 0.5) is 13.2 Å². The van der Waals surface area contributed by atoms with E-state index >= 15 is 0 Å². The second kappa shape index (κ2) is 8.70. The summed E-state index contributed by atoms with van der Waals surface area (Å²) in [6.07, 6.45) is -3.21. The molecule has 3 rings (SSSR count). The normalized spacial score (nSPS) is 12.8. The lowest BCUT2D eigenvalue weighted by Gasteiger charge is -2.13. The Kier molecular flexibility index (Phi) is 6.07. The van der Waals surface area contributed by atoms with Gasteiger partial charge in [-0.25, -0.2) is 0 Å². The molecule has 1 heterocycles. The number of nitrogens with zero attached hydrogens (tertiary/aromatic N) is 1. The molecule has 4 nitrogen and oxygen atoms in total. The predicted octanol–water partition coefficient (Wildman–Crippen LogP) is 5.75. The van der Waals surface area contributed by atoms with Crippen molar-refractivity contribution in [3.8, 4) is 17.4 Å². The molecule has 30 heavy (non-hydrogen) atoms. The van der Waals surface area contributed by atoms with Crippen LogP contribution in [0.3, 0.4) is 0 Å². The zero-order chi connectivity index (χ0) is 21.7. The maximum atomic E-state index is 12.9. The van der Waals surface area contributed by atoms with Crippen LogP contribution in [0.25, 0.3) is 17.4 Å². The van der Waals surface area contributed by atoms with Gasteiger partial charge in [-0.3, -0.25) is 4.79 Å². The maximum Gasteiger partial charge on any atom is 0.416 e. The van der Waals surface area contributed by atoms with Crippen molar-refractivity contribution < 1.29 is 22.4 Å². The Bertz CT molecular complexity index is 1110. The molecule has 0 unspecified atom stereocenters. The number of carbonyl (C=O) groups is 1. The third-order valence-electron chi connectivity index (χ3n) is 4.40. The van der Waals surface area contributed by atoms with E-state index in [1.807, 2.05) is 36.4 Å². The molecule has 1 atom stereocenters. The number of halogens is 3. The van der Waals surface area contributed by atoms with Crippen molar-refractivity contribution in [1.29, 1.82) is 5.26 Å². The molecule has 0 saturated carbocycles. The van der Waals surface area contributed by atoms with Crippen LogP contribution in [-0.4, -0.2) is 5.91 Å². The number of furan rings is 1. The lowest BCUT2D eigenvalue weighted by molar-refractivity contribution is -0.137. The number of benzene rings is 2. The highest BCUT2D eigenvalue weighted by atomic mass is 19.4. The molecule has 2 aromatic carbocycles. The Morgan fingerprint density at radius 3 is 2.50 bits per heavy atom. The number of carbonyl (C=O) groups excluding carboxylic acids is 1. The lowest BCUT2D eigenvalue weighted by atomic mass is 10.1. The summed E-state index contributed by atoms with van der Waals surface area (Å²) in [5, 5.41) is 12.1. The first kappa shape index (κ1) is 20.9. The van der Waals surface area contributed by atoms with Crippen LogP contribution < -0.4 is 5.32 Å². The number of hydrogen-bond acceptors (Lipinski definition) is 3. The number of alkyl halides is 3. The topological polar surface area (TPSA) is 66.0 Å². The summed E-state index contributed by atoms with van der Waals surface area (Å²) in [5.74, 6) is -0.199. The average Bonchev–Trinajstić information content (AvgIpc) is 3.20. The van der Waals surface area contributed by atoms with Gasteiger partial charge in [0.15, 0.2) is 0 Å². The first-order chi connectivity index (χ1) is 14.3. The molecule has 152 valence electrons. The van der Waals surface area contributed by atoms with Gasteiger partial charge < -0.3 is 9.73 Å². The molecule has 0 aliphatic heterocycles. The average molecular weight is 410 g/mol. The number of rotatable bonds is 5. The van der Waals surface area contributed by atoms with Gasteiger partial charge in [-0.2, -0.15) is 18.4 Å². The van der Waals surface area contributed by atoms with Gasteiger partial charge in [0.05, 0.1) is 11.6 Å². The van der Waals surface area contributed by atoms with Crippen LogP contribution in [-0.2, 0) is 11.0 Å². The van der Waals surface area contributed by atoms with E-state index in [1.165, 1.54) is 30.3 Å². The highest BCUT2D eigenvalue weighted by molar-refractivity contribution is 6.01. The quantitative estimate of drug-likeness (QED) is 0.430. The molecule has 0 aliphatic rings. The smallest absolute Gasteiger partial charge is 0.416 e. The van der Waals surface area contributed by atoms with Crippen molar-refractivity contribution in [2.24, 2.45) is 0 Å². The molecule has 1 N–H and O–H groups in total. The van der Waals surface area contributed by atoms with Gasteiger partial charge in [-0.15, -0.1) is 0 Å². The monoisotopic (exact) mass is 410 g/mol. The van der Waals surface area contributed by atoms with Crippen molar-refractivity contribution in [1.82, 2.24) is 5.32 Å². The minimum atomic E-state index is -4.47. The molecule has 0 radical (unpaired) electrons. The molecule has 0 fully saturated rings. The molecule has 3 aromatic rings. The largest absolute Gasteiger partial charge is 0.457 e. The molecular weight excluding hydrogens is 393 g/mol. The number of amides is 1. The van der Waals surface area contributed by atoms with E-state index in [2.05, 4.69) is 5.32 Å². The lowest BCUT2D eigenvalue weighted by Crippen LogP contribution is -2.27. The number of hydrogen-bond donors (Lipinski definition) is 1. The number of nitriles is 1. The zero-order valence-corrected chi connectivity index (χ0v) is 15.9. The fourth-order valence-electron chi connectivity index (χ4n) is 2.82. The minimum Gasteiger partial charge on any atom is -0.457 e. The molecule has 0 bridgehead atoms. The first-order valence-corrected chi connectivity index (χ1v) is 9.03. The van der Waals surface area contributed by atoms with Gasteiger partial charge in [0.1, 0.15) is 23.2 Å². The molecule has 0 spiro atoms. The van der Waals surface area contributed by atoms with E-state index in [0.29, 0.717) is 0 Å². The van der Waals surface area contributed by atoms with Gasteiger partial charge >= 0.3 is 6.18 Å². The third kappa shape index (κ3) is 4.97. The van der Waals surface area contributed by atoms with E-state index in [0.717, 1.165) is 17.7 Å². The fourth-order valence-corrected chi connectivity index (χ4v) is 2.82. The van der Waals surface area contributed by atoms with Crippen molar-refractivity contribution in [3.05, 3.63) is 89.2 Å². The third-order valence-corrected chi connectivity index (χ3v) is 4.40. The van der Waals surface area contributed by atoms with Gasteiger partial charge in [0, 0.05) is 11.6 Å². The predicted molar refractivity (Wildman–Crippen MR) is 106 cm³/mol.